The average molecular weight is 644 g/mol. The first kappa shape index (κ1) is 30.9. The van der Waals surface area contributed by atoms with Crippen LogP contribution in [0, 0.1) is 0 Å². The second kappa shape index (κ2) is 12.5. The van der Waals surface area contributed by atoms with E-state index < -0.39 is 12.6 Å². The molecule has 2 fully saturated rings. The number of nitrogens with one attached hydrogen (secondary N) is 1. The van der Waals surface area contributed by atoms with Gasteiger partial charge in [-0.15, -0.1) is 0 Å². The average Bonchev–Trinajstić information content (AvgIpc) is 3.81. The number of benzene rings is 2. The largest absolute Gasteiger partial charge is 0.489 e. The van der Waals surface area contributed by atoms with E-state index >= 15 is 0 Å². The van der Waals surface area contributed by atoms with Gasteiger partial charge in [0.05, 0.1) is 6.42 Å². The molecule has 0 bridgehead atoms. The van der Waals surface area contributed by atoms with Gasteiger partial charge in [0.2, 0.25) is 5.95 Å². The molecule has 1 saturated heterocycles. The number of ether oxygens (including phenoxy) is 1. The zero-order chi connectivity index (χ0) is 32.7. The van der Waals surface area contributed by atoms with Gasteiger partial charge in [0.25, 0.3) is 5.56 Å². The number of halogens is 3. The van der Waals surface area contributed by atoms with E-state index in [-0.39, 0.29) is 34.4 Å². The highest BCUT2D eigenvalue weighted by Crippen LogP contribution is 2.35. The van der Waals surface area contributed by atoms with Crippen LogP contribution >= 0.6 is 0 Å². The monoisotopic (exact) mass is 643 g/mol. The Bertz CT molecular complexity index is 1960. The van der Waals surface area contributed by atoms with Crippen molar-refractivity contribution in [2.24, 2.45) is 7.05 Å². The van der Waals surface area contributed by atoms with E-state index in [1.807, 2.05) is 24.3 Å². The maximum atomic E-state index is 14.3. The van der Waals surface area contributed by atoms with Crippen molar-refractivity contribution in [1.82, 2.24) is 29.0 Å². The molecule has 0 radical (unpaired) electrons. The zero-order valence-electron chi connectivity index (χ0n) is 26.3. The SMILES string of the molecule is CN1CCC(Oc2ccc(Nc3ncc4cc(-c5ccc(-c6nccn6C)cc5CC(F)(F)F)c(=O)n(C5CCCC5)c4n3)cc2)C1. The fourth-order valence-corrected chi connectivity index (χ4v) is 6.81. The Morgan fingerprint density at radius 3 is 2.45 bits per heavy atom. The molecular formula is C35H36F3N7O2. The Morgan fingerprint density at radius 2 is 1.77 bits per heavy atom. The second-order valence-electron chi connectivity index (χ2n) is 12.6. The third-order valence-electron chi connectivity index (χ3n) is 9.09. The summed E-state index contributed by atoms with van der Waals surface area (Å²) in [6, 6.07) is 13.9. The third kappa shape index (κ3) is 6.60. The Hall–Kier alpha value is -4.71. The lowest BCUT2D eigenvalue weighted by atomic mass is 9.95. The predicted octanol–water partition coefficient (Wildman–Crippen LogP) is 6.91. The van der Waals surface area contributed by atoms with Gasteiger partial charge in [0.1, 0.15) is 23.3 Å². The minimum absolute atomic E-state index is 0.0130. The standard InChI is InChI=1S/C35H36F3N7O2/c1-43-15-13-28(21-43)47-27-10-8-25(9-11-27)41-34-40-20-24-18-30(33(46)45(32(24)42-34)26-5-3-4-6-26)29-12-7-22(31-39-14-16-44(31)2)17-23(29)19-35(36,37)38/h7-12,14,16-18,20,26,28H,3-6,13,15,19,21H2,1-2H3,(H,40,41,42). The number of pyridine rings is 1. The predicted molar refractivity (Wildman–Crippen MR) is 175 cm³/mol. The second-order valence-corrected chi connectivity index (χ2v) is 12.6. The van der Waals surface area contributed by atoms with E-state index in [9.17, 15) is 18.0 Å². The van der Waals surface area contributed by atoms with E-state index in [4.69, 9.17) is 9.72 Å². The van der Waals surface area contributed by atoms with Gasteiger partial charge in [-0.25, -0.2) is 9.97 Å². The molecule has 3 aromatic heterocycles. The molecule has 1 atom stereocenters. The van der Waals surface area contributed by atoms with Crippen LogP contribution in [0.15, 0.2) is 71.9 Å². The van der Waals surface area contributed by atoms with Crippen molar-refractivity contribution >= 4 is 22.7 Å². The molecule has 47 heavy (non-hydrogen) atoms. The number of aryl methyl sites for hydroxylation is 1. The van der Waals surface area contributed by atoms with Crippen molar-refractivity contribution in [3.63, 3.8) is 0 Å². The molecule has 1 saturated carbocycles. The first-order chi connectivity index (χ1) is 22.6. The van der Waals surface area contributed by atoms with Crippen LogP contribution in [0.4, 0.5) is 24.8 Å². The van der Waals surface area contributed by atoms with Gasteiger partial charge in [-0.2, -0.15) is 18.2 Å². The van der Waals surface area contributed by atoms with Crippen molar-refractivity contribution in [3.8, 4) is 28.3 Å². The highest BCUT2D eigenvalue weighted by atomic mass is 19.4. The van der Waals surface area contributed by atoms with Gasteiger partial charge in [-0.05, 0) is 73.8 Å². The summed E-state index contributed by atoms with van der Waals surface area (Å²) in [5.74, 6) is 1.65. The molecule has 7 rings (SSSR count). The van der Waals surface area contributed by atoms with Crippen LogP contribution < -0.4 is 15.6 Å². The van der Waals surface area contributed by atoms with E-state index in [2.05, 4.69) is 27.2 Å². The van der Waals surface area contributed by atoms with Crippen molar-refractivity contribution in [1.29, 1.82) is 0 Å². The first-order valence-electron chi connectivity index (χ1n) is 15.9. The summed E-state index contributed by atoms with van der Waals surface area (Å²) < 4.78 is 51.2. The molecule has 2 aromatic carbocycles. The van der Waals surface area contributed by atoms with Gasteiger partial charge in [-0.1, -0.05) is 25.0 Å². The molecule has 5 aromatic rings. The molecule has 1 aliphatic carbocycles. The highest BCUT2D eigenvalue weighted by molar-refractivity contribution is 5.83. The summed E-state index contributed by atoms with van der Waals surface area (Å²) >= 11 is 0. The molecular weight excluding hydrogens is 607 g/mol. The number of hydrogen-bond donors (Lipinski definition) is 1. The van der Waals surface area contributed by atoms with Gasteiger partial charge in [0, 0.05) is 67.0 Å². The summed E-state index contributed by atoms with van der Waals surface area (Å²) in [6.45, 7) is 1.92. The number of alkyl halides is 3. The Balaban J connectivity index is 1.26. The first-order valence-corrected chi connectivity index (χ1v) is 15.9. The van der Waals surface area contributed by atoms with Crippen molar-refractivity contribution < 1.29 is 17.9 Å². The smallest absolute Gasteiger partial charge is 0.393 e. The Morgan fingerprint density at radius 1 is 0.979 bits per heavy atom. The number of rotatable bonds is 8. The lowest BCUT2D eigenvalue weighted by molar-refractivity contribution is -0.127. The fourth-order valence-electron chi connectivity index (χ4n) is 6.81. The van der Waals surface area contributed by atoms with Crippen LogP contribution in [0.25, 0.3) is 33.5 Å². The van der Waals surface area contributed by atoms with E-state index in [1.165, 1.54) is 6.07 Å². The van der Waals surface area contributed by atoms with Crippen LogP contribution in [0.3, 0.4) is 0 Å². The number of aromatic nitrogens is 5. The summed E-state index contributed by atoms with van der Waals surface area (Å²) in [7, 11) is 3.87. The molecule has 2 aliphatic rings. The van der Waals surface area contributed by atoms with E-state index in [0.29, 0.717) is 28.4 Å². The Labute approximate surface area is 270 Å². The van der Waals surface area contributed by atoms with Gasteiger partial charge in [-0.3, -0.25) is 9.36 Å². The van der Waals surface area contributed by atoms with E-state index in [0.717, 1.165) is 56.6 Å². The molecule has 0 spiro atoms. The number of fused-ring (bicyclic) bond motifs is 1. The number of likely N-dealkylation sites (N-methyl/N-ethyl adjacent to an activating group) is 1. The molecule has 4 heterocycles. The van der Waals surface area contributed by atoms with Crippen LogP contribution in [-0.4, -0.2) is 61.4 Å². The van der Waals surface area contributed by atoms with Crippen molar-refractivity contribution in [3.05, 3.63) is 83.0 Å². The van der Waals surface area contributed by atoms with Crippen molar-refractivity contribution in [2.75, 3.05) is 25.5 Å². The third-order valence-corrected chi connectivity index (χ3v) is 9.09. The van der Waals surface area contributed by atoms with Gasteiger partial charge >= 0.3 is 6.18 Å². The minimum Gasteiger partial charge on any atom is -0.489 e. The number of nitrogens with zero attached hydrogens (tertiary/aromatic N) is 6. The number of anilines is 2. The minimum atomic E-state index is -4.47. The quantitative estimate of drug-likeness (QED) is 0.197. The Kier molecular flexibility index (Phi) is 8.21. The maximum Gasteiger partial charge on any atom is 0.393 e. The lowest BCUT2D eigenvalue weighted by Crippen LogP contribution is -2.26. The summed E-state index contributed by atoms with van der Waals surface area (Å²) in [5, 5.41) is 3.81. The van der Waals surface area contributed by atoms with Crippen molar-refractivity contribution in [2.45, 2.75) is 56.8 Å². The summed E-state index contributed by atoms with van der Waals surface area (Å²) in [5.41, 5.74) is 1.85. The van der Waals surface area contributed by atoms with Crippen LogP contribution in [0.5, 0.6) is 5.75 Å². The fraction of sp³-hybridized carbons (Fsp3) is 0.371. The maximum absolute atomic E-state index is 14.3. The highest BCUT2D eigenvalue weighted by Gasteiger charge is 2.31. The molecule has 1 aliphatic heterocycles. The molecule has 244 valence electrons. The van der Waals surface area contributed by atoms with Crippen LogP contribution in [-0.2, 0) is 13.5 Å². The lowest BCUT2D eigenvalue weighted by Gasteiger charge is -2.20. The van der Waals surface area contributed by atoms with Gasteiger partial charge in [0.15, 0.2) is 0 Å². The number of hydrogen-bond acceptors (Lipinski definition) is 7. The van der Waals surface area contributed by atoms with Crippen LogP contribution in [0.1, 0.15) is 43.7 Å². The molecule has 12 heteroatoms. The van der Waals surface area contributed by atoms with E-state index in [1.54, 1.807) is 53.0 Å². The van der Waals surface area contributed by atoms with Crippen LogP contribution in [0.2, 0.25) is 0 Å². The zero-order valence-corrected chi connectivity index (χ0v) is 26.3. The molecule has 1 N–H and O–H groups in total. The summed E-state index contributed by atoms with van der Waals surface area (Å²) in [4.78, 5) is 30.1. The van der Waals surface area contributed by atoms with Gasteiger partial charge < -0.3 is 19.5 Å². The summed E-state index contributed by atoms with van der Waals surface area (Å²) in [6.07, 6.45) is 3.96. The number of likely N-dealkylation sites (tertiary alicyclic amines) is 1. The topological polar surface area (TPSA) is 90.1 Å². The molecule has 1 unspecified atom stereocenters. The normalized spacial score (nSPS) is 17.5. The molecule has 0 amide bonds. The number of imidazole rings is 1. The molecule has 9 nitrogen and oxygen atoms in total.